The zero-order valence-electron chi connectivity index (χ0n) is 24.3. The number of fused-ring (bicyclic) bond motifs is 6. The molecule has 3 aliphatic rings. The number of benzene rings is 1. The molecule has 1 aromatic carbocycles. The van der Waals surface area contributed by atoms with Gasteiger partial charge in [-0.1, -0.05) is 12.2 Å². The maximum Gasteiger partial charge on any atom is 0.278 e. The normalized spacial score (nSPS) is 18.1. The SMILES string of the molecule is CN1CCN(c2cc(Nc3ncc4c(=O)n5n(c4n3)-c3ccc4c(n3)N(CCC/C=C\C5)C(=O)CO4)cc3ccoc23)CC1. The third-order valence-corrected chi connectivity index (χ3v) is 8.45. The summed E-state index contributed by atoms with van der Waals surface area (Å²) < 4.78 is 14.8. The number of ether oxygens (including phenoxy) is 1. The molecule has 224 valence electrons. The van der Waals surface area contributed by atoms with E-state index in [2.05, 4.69) is 33.2 Å². The molecule has 13 heteroatoms. The van der Waals surface area contributed by atoms with Gasteiger partial charge in [0.05, 0.1) is 18.5 Å². The molecular weight excluding hydrogens is 562 g/mol. The van der Waals surface area contributed by atoms with Crippen molar-refractivity contribution in [2.24, 2.45) is 0 Å². The number of pyridine rings is 1. The number of hydrogen-bond acceptors (Lipinski definition) is 10. The second kappa shape index (κ2) is 10.5. The highest BCUT2D eigenvalue weighted by atomic mass is 16.5. The van der Waals surface area contributed by atoms with Crippen molar-refractivity contribution in [1.29, 1.82) is 0 Å². The predicted octanol–water partition coefficient (Wildman–Crippen LogP) is 3.29. The number of carbonyl (C=O) groups excluding carboxylic acids is 1. The number of nitrogens with zero attached hydrogens (tertiary/aromatic N) is 8. The van der Waals surface area contributed by atoms with Crippen molar-refractivity contribution in [2.45, 2.75) is 19.4 Å². The number of nitrogens with one attached hydrogen (secondary N) is 1. The molecule has 0 spiro atoms. The molecule has 5 aromatic rings. The molecule has 1 saturated heterocycles. The fourth-order valence-corrected chi connectivity index (χ4v) is 6.11. The molecule has 0 unspecified atom stereocenters. The van der Waals surface area contributed by atoms with Crippen LogP contribution in [0, 0.1) is 0 Å². The molecular formula is C31H31N9O4. The number of furan rings is 1. The van der Waals surface area contributed by atoms with Crippen molar-refractivity contribution in [3.05, 3.63) is 65.3 Å². The van der Waals surface area contributed by atoms with Crippen molar-refractivity contribution >= 4 is 51.1 Å². The molecule has 7 heterocycles. The first kappa shape index (κ1) is 26.5. The topological polar surface area (TPSA) is 127 Å². The molecule has 8 rings (SSSR count). The van der Waals surface area contributed by atoms with E-state index in [0.29, 0.717) is 47.5 Å². The molecule has 0 atom stereocenters. The van der Waals surface area contributed by atoms with Gasteiger partial charge in [0, 0.05) is 50.0 Å². The lowest BCUT2D eigenvalue weighted by Gasteiger charge is -2.34. The first-order valence-electron chi connectivity index (χ1n) is 14.8. The Morgan fingerprint density at radius 2 is 1.86 bits per heavy atom. The molecule has 1 amide bonds. The molecule has 0 aliphatic carbocycles. The number of aromatic nitrogens is 5. The third kappa shape index (κ3) is 4.47. The number of piperazine rings is 1. The Morgan fingerprint density at radius 3 is 2.75 bits per heavy atom. The van der Waals surface area contributed by atoms with Crippen LogP contribution in [0.2, 0.25) is 0 Å². The van der Waals surface area contributed by atoms with Crippen molar-refractivity contribution < 1.29 is 13.9 Å². The minimum atomic E-state index is -0.228. The van der Waals surface area contributed by atoms with Crippen molar-refractivity contribution in [3.8, 4) is 11.6 Å². The number of amides is 1. The van der Waals surface area contributed by atoms with Gasteiger partial charge < -0.3 is 24.3 Å². The Labute approximate surface area is 251 Å². The lowest BCUT2D eigenvalue weighted by atomic mass is 10.1. The number of likely N-dealkylation sites (N-methyl/N-ethyl adjacent to an activating group) is 1. The molecule has 3 aliphatic heterocycles. The van der Waals surface area contributed by atoms with E-state index in [1.807, 2.05) is 24.3 Å². The van der Waals surface area contributed by atoms with Gasteiger partial charge in [-0.3, -0.25) is 14.5 Å². The van der Waals surface area contributed by atoms with E-state index >= 15 is 0 Å². The largest absolute Gasteiger partial charge is 0.480 e. The van der Waals surface area contributed by atoms with Crippen LogP contribution in [0.3, 0.4) is 0 Å². The van der Waals surface area contributed by atoms with E-state index in [-0.39, 0.29) is 18.1 Å². The zero-order valence-corrected chi connectivity index (χ0v) is 24.3. The monoisotopic (exact) mass is 593 g/mol. The standard InChI is InChI=1S/C31H31N9O4/c1-36-11-13-37(14-12-36)23-17-21(16-20-8-15-43-27(20)23)33-31-32-18-22-28(35-31)40-25-7-6-24-29(34-25)38(26(41)19-44-24)9-4-2-3-5-10-39(40)30(22)42/h3,5-8,15-18H,2,4,9-14,19H2,1H3,(H,32,33,35)/b5-3-. The van der Waals surface area contributed by atoms with Crippen LogP contribution in [-0.4, -0.2) is 81.5 Å². The summed E-state index contributed by atoms with van der Waals surface area (Å²) in [5, 5.41) is 4.70. The Balaban J connectivity index is 1.23. The van der Waals surface area contributed by atoms with Crippen LogP contribution in [0.25, 0.3) is 27.8 Å². The maximum absolute atomic E-state index is 13.6. The highest BCUT2D eigenvalue weighted by Crippen LogP contribution is 2.34. The van der Waals surface area contributed by atoms with Crippen LogP contribution in [0.5, 0.6) is 5.75 Å². The smallest absolute Gasteiger partial charge is 0.278 e. The van der Waals surface area contributed by atoms with Gasteiger partial charge in [-0.15, -0.1) is 0 Å². The summed E-state index contributed by atoms with van der Waals surface area (Å²) in [5.74, 6) is 1.63. The van der Waals surface area contributed by atoms with Crippen LogP contribution < -0.4 is 25.4 Å². The van der Waals surface area contributed by atoms with Gasteiger partial charge in [0.1, 0.15) is 5.39 Å². The summed E-state index contributed by atoms with van der Waals surface area (Å²) in [7, 11) is 2.13. The number of hydrogen-bond donors (Lipinski definition) is 1. The number of carbonyl (C=O) groups is 1. The summed E-state index contributed by atoms with van der Waals surface area (Å²) in [6.07, 6.45) is 8.79. The lowest BCUT2D eigenvalue weighted by Crippen LogP contribution is -2.44. The molecule has 4 aromatic heterocycles. The van der Waals surface area contributed by atoms with Crippen molar-refractivity contribution in [3.63, 3.8) is 0 Å². The second-order valence-electron chi connectivity index (χ2n) is 11.3. The van der Waals surface area contributed by atoms with Gasteiger partial charge in [-0.25, -0.2) is 19.3 Å². The summed E-state index contributed by atoms with van der Waals surface area (Å²) in [6, 6.07) is 9.58. The van der Waals surface area contributed by atoms with E-state index in [4.69, 9.17) is 19.1 Å². The van der Waals surface area contributed by atoms with Crippen molar-refractivity contribution in [2.75, 3.05) is 61.5 Å². The molecule has 2 bridgehead atoms. The summed E-state index contributed by atoms with van der Waals surface area (Å²) in [6.45, 7) is 4.58. The second-order valence-corrected chi connectivity index (χ2v) is 11.3. The van der Waals surface area contributed by atoms with Crippen LogP contribution in [0.15, 0.2) is 64.2 Å². The van der Waals surface area contributed by atoms with Crippen LogP contribution in [0.4, 0.5) is 23.1 Å². The Kier molecular flexibility index (Phi) is 6.33. The molecule has 13 nitrogen and oxygen atoms in total. The van der Waals surface area contributed by atoms with E-state index < -0.39 is 0 Å². The number of rotatable bonds is 3. The average Bonchev–Trinajstić information content (AvgIpc) is 3.61. The summed E-state index contributed by atoms with van der Waals surface area (Å²) in [5.41, 5.74) is 2.85. The van der Waals surface area contributed by atoms with E-state index in [1.54, 1.807) is 38.9 Å². The van der Waals surface area contributed by atoms with Crippen LogP contribution in [-0.2, 0) is 11.3 Å². The fourth-order valence-electron chi connectivity index (χ4n) is 6.11. The number of anilines is 4. The molecule has 44 heavy (non-hydrogen) atoms. The fraction of sp³-hybridized carbons (Fsp3) is 0.323. The summed E-state index contributed by atoms with van der Waals surface area (Å²) >= 11 is 0. The highest BCUT2D eigenvalue weighted by Gasteiger charge is 2.28. The molecule has 0 radical (unpaired) electrons. The highest BCUT2D eigenvalue weighted by molar-refractivity contribution is 5.97. The Bertz CT molecular complexity index is 2000. The zero-order chi connectivity index (χ0) is 29.8. The van der Waals surface area contributed by atoms with Crippen molar-refractivity contribution in [1.82, 2.24) is 29.2 Å². The van der Waals surface area contributed by atoms with E-state index in [0.717, 1.165) is 61.4 Å². The molecule has 1 N–H and O–H groups in total. The van der Waals surface area contributed by atoms with Gasteiger partial charge in [-0.05, 0) is 50.2 Å². The van der Waals surface area contributed by atoms with E-state index in [9.17, 15) is 9.59 Å². The lowest BCUT2D eigenvalue weighted by molar-refractivity contribution is -0.121. The Morgan fingerprint density at radius 1 is 0.977 bits per heavy atom. The first-order chi connectivity index (χ1) is 21.5. The Hall–Kier alpha value is -5.17. The molecule has 0 saturated carbocycles. The van der Waals surface area contributed by atoms with Crippen LogP contribution >= 0.6 is 0 Å². The van der Waals surface area contributed by atoms with Gasteiger partial charge >= 0.3 is 0 Å². The van der Waals surface area contributed by atoms with Gasteiger partial charge in [0.15, 0.2) is 35.2 Å². The average molecular weight is 594 g/mol. The first-order valence-corrected chi connectivity index (χ1v) is 14.8. The predicted molar refractivity (Wildman–Crippen MR) is 166 cm³/mol. The van der Waals surface area contributed by atoms with Gasteiger partial charge in [-0.2, -0.15) is 4.98 Å². The van der Waals surface area contributed by atoms with Gasteiger partial charge in [0.2, 0.25) is 5.95 Å². The van der Waals surface area contributed by atoms with Gasteiger partial charge in [0.25, 0.3) is 11.5 Å². The van der Waals surface area contributed by atoms with E-state index in [1.165, 1.54) is 0 Å². The summed E-state index contributed by atoms with van der Waals surface area (Å²) in [4.78, 5) is 46.9. The number of allylic oxidation sites excluding steroid dienone is 2. The minimum absolute atomic E-state index is 0.0234. The minimum Gasteiger partial charge on any atom is -0.480 e. The van der Waals surface area contributed by atoms with Crippen LogP contribution in [0.1, 0.15) is 12.8 Å². The third-order valence-electron chi connectivity index (χ3n) is 8.45. The molecule has 1 fully saturated rings. The maximum atomic E-state index is 13.6. The quantitative estimate of drug-likeness (QED) is 0.312.